The third kappa shape index (κ3) is 1.83. The van der Waals surface area contributed by atoms with Crippen LogP contribution in [-0.2, 0) is 11.2 Å². The van der Waals surface area contributed by atoms with E-state index in [4.69, 9.17) is 9.47 Å². The number of hydrogen-bond acceptors (Lipinski definition) is 3. The number of methoxy groups -OCH3 is 2. The van der Waals surface area contributed by atoms with E-state index in [1.807, 2.05) is 12.1 Å². The van der Waals surface area contributed by atoms with Gasteiger partial charge in [-0.1, -0.05) is 0 Å². The van der Waals surface area contributed by atoms with Gasteiger partial charge in [0, 0.05) is 17.7 Å². The molecular formula is C12H15NO3. The molecule has 4 nitrogen and oxygen atoms in total. The predicted octanol–water partition coefficient (Wildman–Crippen LogP) is 1.98. The van der Waals surface area contributed by atoms with Crippen molar-refractivity contribution in [2.75, 3.05) is 19.5 Å². The average Bonchev–Trinajstić information content (AvgIpc) is 2.48. The Morgan fingerprint density at radius 3 is 2.69 bits per heavy atom. The molecule has 1 heterocycles. The molecule has 0 unspecified atom stereocenters. The first-order valence-corrected chi connectivity index (χ1v) is 5.30. The second-order valence-corrected chi connectivity index (χ2v) is 3.73. The fourth-order valence-electron chi connectivity index (χ4n) is 1.99. The molecule has 0 spiro atoms. The summed E-state index contributed by atoms with van der Waals surface area (Å²) >= 11 is 0. The Kier molecular flexibility index (Phi) is 2.99. The summed E-state index contributed by atoms with van der Waals surface area (Å²) in [6, 6.07) is 3.67. The van der Waals surface area contributed by atoms with Gasteiger partial charge in [-0.2, -0.15) is 0 Å². The minimum absolute atomic E-state index is 0.0611. The number of carbonyl (C=O) groups is 1. The molecule has 1 aliphatic rings. The van der Waals surface area contributed by atoms with Crippen LogP contribution in [0.5, 0.6) is 11.5 Å². The van der Waals surface area contributed by atoms with E-state index in [0.717, 1.165) is 29.8 Å². The number of benzene rings is 1. The molecule has 1 aromatic carbocycles. The Labute approximate surface area is 94.6 Å². The Morgan fingerprint density at radius 2 is 2.00 bits per heavy atom. The maximum atomic E-state index is 11.4. The van der Waals surface area contributed by atoms with Gasteiger partial charge in [-0.05, 0) is 25.0 Å². The minimum Gasteiger partial charge on any atom is -0.493 e. The van der Waals surface area contributed by atoms with Crippen molar-refractivity contribution in [3.8, 4) is 11.5 Å². The van der Waals surface area contributed by atoms with Crippen LogP contribution in [0, 0.1) is 0 Å². The van der Waals surface area contributed by atoms with Gasteiger partial charge in [-0.3, -0.25) is 4.79 Å². The van der Waals surface area contributed by atoms with E-state index in [-0.39, 0.29) is 5.91 Å². The number of rotatable bonds is 2. The number of hydrogen-bond donors (Lipinski definition) is 1. The fourth-order valence-corrected chi connectivity index (χ4v) is 1.99. The van der Waals surface area contributed by atoms with Crippen molar-refractivity contribution in [1.29, 1.82) is 0 Å². The summed E-state index contributed by atoms with van der Waals surface area (Å²) in [5.41, 5.74) is 1.85. The zero-order chi connectivity index (χ0) is 11.5. The topological polar surface area (TPSA) is 47.6 Å². The second-order valence-electron chi connectivity index (χ2n) is 3.73. The highest BCUT2D eigenvalue weighted by atomic mass is 16.5. The standard InChI is InChI=1S/C12H15NO3/c1-15-10-7-6-9-8(12(10)16-2)4-3-5-11(14)13-9/h6-7H,3-5H2,1-2H3,(H,13,14). The number of anilines is 1. The molecule has 1 aromatic rings. The molecule has 0 aromatic heterocycles. The first-order chi connectivity index (χ1) is 7.76. The average molecular weight is 221 g/mol. The molecule has 1 amide bonds. The highest BCUT2D eigenvalue weighted by Crippen LogP contribution is 2.38. The summed E-state index contributed by atoms with van der Waals surface area (Å²) in [5.74, 6) is 1.49. The number of carbonyl (C=O) groups excluding carboxylic acids is 1. The number of amides is 1. The van der Waals surface area contributed by atoms with Gasteiger partial charge in [0.05, 0.1) is 14.2 Å². The molecule has 0 atom stereocenters. The first-order valence-electron chi connectivity index (χ1n) is 5.30. The van der Waals surface area contributed by atoms with Gasteiger partial charge < -0.3 is 14.8 Å². The molecule has 1 aliphatic heterocycles. The van der Waals surface area contributed by atoms with Crippen LogP contribution in [0.15, 0.2) is 12.1 Å². The fraction of sp³-hybridized carbons (Fsp3) is 0.417. The lowest BCUT2D eigenvalue weighted by Gasteiger charge is -2.14. The largest absolute Gasteiger partial charge is 0.493 e. The van der Waals surface area contributed by atoms with Crippen LogP contribution in [0.2, 0.25) is 0 Å². The number of fused-ring (bicyclic) bond motifs is 1. The Bertz CT molecular complexity index is 415. The molecule has 0 fully saturated rings. The van der Waals surface area contributed by atoms with Crippen molar-refractivity contribution < 1.29 is 14.3 Å². The molecule has 0 saturated carbocycles. The molecule has 86 valence electrons. The number of nitrogens with one attached hydrogen (secondary N) is 1. The zero-order valence-corrected chi connectivity index (χ0v) is 9.50. The Hall–Kier alpha value is -1.71. The molecular weight excluding hydrogens is 206 g/mol. The third-order valence-electron chi connectivity index (χ3n) is 2.75. The van der Waals surface area contributed by atoms with Crippen molar-refractivity contribution in [2.45, 2.75) is 19.3 Å². The maximum absolute atomic E-state index is 11.4. The van der Waals surface area contributed by atoms with E-state index in [1.54, 1.807) is 14.2 Å². The van der Waals surface area contributed by atoms with E-state index in [0.29, 0.717) is 12.2 Å². The van der Waals surface area contributed by atoms with Gasteiger partial charge >= 0.3 is 0 Å². The minimum atomic E-state index is 0.0611. The van der Waals surface area contributed by atoms with E-state index in [9.17, 15) is 4.79 Å². The van der Waals surface area contributed by atoms with Crippen LogP contribution in [-0.4, -0.2) is 20.1 Å². The van der Waals surface area contributed by atoms with Crippen LogP contribution in [0.25, 0.3) is 0 Å². The van der Waals surface area contributed by atoms with Gasteiger partial charge in [0.15, 0.2) is 11.5 Å². The summed E-state index contributed by atoms with van der Waals surface area (Å²) in [5, 5.41) is 2.87. The Morgan fingerprint density at radius 1 is 1.19 bits per heavy atom. The normalized spacial score (nSPS) is 14.8. The van der Waals surface area contributed by atoms with Crippen LogP contribution >= 0.6 is 0 Å². The molecule has 1 N–H and O–H groups in total. The first kappa shape index (κ1) is 10.8. The van der Waals surface area contributed by atoms with E-state index < -0.39 is 0 Å². The lowest BCUT2D eigenvalue weighted by molar-refractivity contribution is -0.116. The number of ether oxygens (including phenoxy) is 2. The van der Waals surface area contributed by atoms with Gasteiger partial charge in [-0.15, -0.1) is 0 Å². The third-order valence-corrected chi connectivity index (χ3v) is 2.75. The van der Waals surface area contributed by atoms with Crippen molar-refractivity contribution in [3.63, 3.8) is 0 Å². The summed E-state index contributed by atoms with van der Waals surface area (Å²) in [7, 11) is 3.23. The highest BCUT2D eigenvalue weighted by Gasteiger charge is 2.19. The predicted molar refractivity (Wildman–Crippen MR) is 61.1 cm³/mol. The second kappa shape index (κ2) is 4.43. The SMILES string of the molecule is COc1ccc2c(c1OC)CCCC(=O)N2. The Balaban J connectivity index is 2.50. The van der Waals surface area contributed by atoms with Gasteiger partial charge in [-0.25, -0.2) is 0 Å². The zero-order valence-electron chi connectivity index (χ0n) is 9.50. The van der Waals surface area contributed by atoms with Gasteiger partial charge in [0.1, 0.15) is 0 Å². The van der Waals surface area contributed by atoms with E-state index >= 15 is 0 Å². The molecule has 16 heavy (non-hydrogen) atoms. The molecule has 0 bridgehead atoms. The van der Waals surface area contributed by atoms with Crippen molar-refractivity contribution in [2.24, 2.45) is 0 Å². The molecule has 0 saturated heterocycles. The molecule has 2 rings (SSSR count). The van der Waals surface area contributed by atoms with E-state index in [2.05, 4.69) is 5.32 Å². The van der Waals surface area contributed by atoms with Crippen molar-refractivity contribution >= 4 is 11.6 Å². The van der Waals surface area contributed by atoms with Gasteiger partial charge in [0.2, 0.25) is 5.91 Å². The summed E-state index contributed by atoms with van der Waals surface area (Å²) < 4.78 is 10.6. The maximum Gasteiger partial charge on any atom is 0.224 e. The van der Waals surface area contributed by atoms with Crippen LogP contribution in [0.4, 0.5) is 5.69 Å². The van der Waals surface area contributed by atoms with Crippen LogP contribution in [0.1, 0.15) is 18.4 Å². The molecule has 4 heteroatoms. The van der Waals surface area contributed by atoms with Crippen molar-refractivity contribution in [1.82, 2.24) is 0 Å². The summed E-state index contributed by atoms with van der Waals surface area (Å²) in [6.07, 6.45) is 2.22. The summed E-state index contributed by atoms with van der Waals surface area (Å²) in [4.78, 5) is 11.4. The van der Waals surface area contributed by atoms with Crippen LogP contribution < -0.4 is 14.8 Å². The van der Waals surface area contributed by atoms with E-state index in [1.165, 1.54) is 0 Å². The quantitative estimate of drug-likeness (QED) is 0.830. The van der Waals surface area contributed by atoms with Gasteiger partial charge in [0.25, 0.3) is 0 Å². The van der Waals surface area contributed by atoms with Crippen molar-refractivity contribution in [3.05, 3.63) is 17.7 Å². The van der Waals surface area contributed by atoms with Crippen LogP contribution in [0.3, 0.4) is 0 Å². The monoisotopic (exact) mass is 221 g/mol. The summed E-state index contributed by atoms with van der Waals surface area (Å²) in [6.45, 7) is 0. The lowest BCUT2D eigenvalue weighted by Crippen LogP contribution is -2.09. The molecule has 0 aliphatic carbocycles. The lowest BCUT2D eigenvalue weighted by atomic mass is 10.1. The molecule has 0 radical (unpaired) electrons. The highest BCUT2D eigenvalue weighted by molar-refractivity contribution is 5.93. The smallest absolute Gasteiger partial charge is 0.224 e.